The van der Waals surface area contributed by atoms with E-state index in [-0.39, 0.29) is 18.9 Å². The van der Waals surface area contributed by atoms with Crippen LogP contribution in [0.1, 0.15) is 25.8 Å². The van der Waals surface area contributed by atoms with E-state index in [9.17, 15) is 5.11 Å². The molecule has 1 aliphatic heterocycles. The summed E-state index contributed by atoms with van der Waals surface area (Å²) in [6, 6.07) is 5.83. The van der Waals surface area contributed by atoms with Gasteiger partial charge in [0.05, 0.1) is 18.4 Å². The molecule has 17 heavy (non-hydrogen) atoms. The van der Waals surface area contributed by atoms with E-state index in [2.05, 4.69) is 23.7 Å². The minimum absolute atomic E-state index is 0.0674. The summed E-state index contributed by atoms with van der Waals surface area (Å²) in [6.45, 7) is 6.16. The molecule has 1 saturated heterocycles. The average Bonchev–Trinajstić information content (AvgIpc) is 2.72. The second kappa shape index (κ2) is 5.58. The molecular weight excluding hydrogens is 216 g/mol. The molecule has 94 valence electrons. The number of nitrogens with zero attached hydrogens (tertiary/aromatic N) is 2. The number of ether oxygens (including phenoxy) is 1. The second-order valence-corrected chi connectivity index (χ2v) is 4.90. The summed E-state index contributed by atoms with van der Waals surface area (Å²) in [7, 11) is 0. The van der Waals surface area contributed by atoms with Crippen LogP contribution < -0.4 is 0 Å². The van der Waals surface area contributed by atoms with Crippen LogP contribution in [0.5, 0.6) is 0 Å². The van der Waals surface area contributed by atoms with Crippen LogP contribution in [0, 0.1) is 5.92 Å². The Balaban J connectivity index is 2.12. The molecule has 1 fully saturated rings. The maximum atomic E-state index is 9.21. The second-order valence-electron chi connectivity index (χ2n) is 4.90. The summed E-state index contributed by atoms with van der Waals surface area (Å²) in [6.07, 6.45) is 1.56. The minimum atomic E-state index is -0.115. The SMILES string of the molecule is CC(C)CN1CC(CO)OC1c1ccccn1. The zero-order valence-corrected chi connectivity index (χ0v) is 10.4. The first-order valence-corrected chi connectivity index (χ1v) is 6.12. The molecule has 2 rings (SSSR count). The first-order valence-electron chi connectivity index (χ1n) is 6.12. The lowest BCUT2D eigenvalue weighted by Crippen LogP contribution is -2.29. The molecule has 1 aromatic rings. The van der Waals surface area contributed by atoms with Gasteiger partial charge in [0, 0.05) is 19.3 Å². The van der Waals surface area contributed by atoms with Crippen molar-refractivity contribution in [2.75, 3.05) is 19.7 Å². The maximum absolute atomic E-state index is 9.21. The van der Waals surface area contributed by atoms with Crippen molar-refractivity contribution in [2.24, 2.45) is 5.92 Å². The van der Waals surface area contributed by atoms with Crippen molar-refractivity contribution in [3.05, 3.63) is 30.1 Å². The average molecular weight is 236 g/mol. The van der Waals surface area contributed by atoms with Gasteiger partial charge in [-0.25, -0.2) is 0 Å². The molecule has 4 nitrogen and oxygen atoms in total. The van der Waals surface area contributed by atoms with Crippen molar-refractivity contribution in [1.82, 2.24) is 9.88 Å². The molecule has 0 spiro atoms. The molecule has 4 heteroatoms. The van der Waals surface area contributed by atoms with Gasteiger partial charge in [-0.05, 0) is 18.1 Å². The molecule has 1 aromatic heterocycles. The first kappa shape index (κ1) is 12.5. The van der Waals surface area contributed by atoms with E-state index < -0.39 is 0 Å². The van der Waals surface area contributed by atoms with Crippen molar-refractivity contribution in [3.63, 3.8) is 0 Å². The topological polar surface area (TPSA) is 45.6 Å². The van der Waals surface area contributed by atoms with E-state index in [0.717, 1.165) is 18.8 Å². The predicted octanol–water partition coefficient (Wildman–Crippen LogP) is 1.43. The third-order valence-electron chi connectivity index (χ3n) is 2.84. The monoisotopic (exact) mass is 236 g/mol. The number of rotatable bonds is 4. The number of hydrogen-bond acceptors (Lipinski definition) is 4. The molecule has 0 bridgehead atoms. The van der Waals surface area contributed by atoms with Gasteiger partial charge >= 0.3 is 0 Å². The molecule has 0 aromatic carbocycles. The Kier molecular flexibility index (Phi) is 4.10. The highest BCUT2D eigenvalue weighted by Gasteiger charge is 2.34. The van der Waals surface area contributed by atoms with Crippen LogP contribution in [-0.4, -0.2) is 40.8 Å². The normalized spacial score (nSPS) is 25.6. The van der Waals surface area contributed by atoms with Crippen LogP contribution in [-0.2, 0) is 4.74 Å². The Bertz CT molecular complexity index is 343. The van der Waals surface area contributed by atoms with Crippen LogP contribution >= 0.6 is 0 Å². The lowest BCUT2D eigenvalue weighted by molar-refractivity contribution is -0.0242. The van der Waals surface area contributed by atoms with E-state index in [0.29, 0.717) is 5.92 Å². The van der Waals surface area contributed by atoms with Gasteiger partial charge < -0.3 is 9.84 Å². The molecule has 0 amide bonds. The number of aliphatic hydroxyl groups is 1. The quantitative estimate of drug-likeness (QED) is 0.859. The highest BCUT2D eigenvalue weighted by atomic mass is 16.5. The van der Waals surface area contributed by atoms with Gasteiger partial charge in [0.15, 0.2) is 6.23 Å². The van der Waals surface area contributed by atoms with E-state index in [1.165, 1.54) is 0 Å². The molecule has 0 saturated carbocycles. The van der Waals surface area contributed by atoms with Gasteiger partial charge in [-0.1, -0.05) is 19.9 Å². The van der Waals surface area contributed by atoms with E-state index in [4.69, 9.17) is 4.74 Å². The van der Waals surface area contributed by atoms with Gasteiger partial charge in [-0.3, -0.25) is 9.88 Å². The smallest absolute Gasteiger partial charge is 0.154 e. The fraction of sp³-hybridized carbons (Fsp3) is 0.615. The molecule has 1 N–H and O–H groups in total. The number of pyridine rings is 1. The Morgan fingerprint density at radius 2 is 2.35 bits per heavy atom. The Morgan fingerprint density at radius 3 is 2.94 bits per heavy atom. The number of hydrogen-bond donors (Lipinski definition) is 1. The predicted molar refractivity (Wildman–Crippen MR) is 65.3 cm³/mol. The summed E-state index contributed by atoms with van der Waals surface area (Å²) in [5, 5.41) is 9.21. The zero-order valence-electron chi connectivity index (χ0n) is 10.4. The van der Waals surface area contributed by atoms with Crippen molar-refractivity contribution in [1.29, 1.82) is 0 Å². The van der Waals surface area contributed by atoms with Crippen LogP contribution in [0.2, 0.25) is 0 Å². The van der Waals surface area contributed by atoms with Gasteiger partial charge in [0.2, 0.25) is 0 Å². The highest BCUT2D eigenvalue weighted by molar-refractivity contribution is 5.08. The summed E-state index contributed by atoms with van der Waals surface area (Å²) in [5.74, 6) is 0.572. The van der Waals surface area contributed by atoms with E-state index in [1.807, 2.05) is 18.2 Å². The first-order chi connectivity index (χ1) is 8.20. The van der Waals surface area contributed by atoms with Crippen molar-refractivity contribution in [3.8, 4) is 0 Å². The van der Waals surface area contributed by atoms with Crippen molar-refractivity contribution >= 4 is 0 Å². The van der Waals surface area contributed by atoms with Gasteiger partial charge in [-0.15, -0.1) is 0 Å². The fourth-order valence-corrected chi connectivity index (χ4v) is 2.19. The Labute approximate surface area is 102 Å². The standard InChI is InChI=1S/C13H20N2O2/c1-10(2)7-15-8-11(9-16)17-13(15)12-5-3-4-6-14-12/h3-6,10-11,13,16H,7-9H2,1-2H3. The van der Waals surface area contributed by atoms with E-state index >= 15 is 0 Å². The lowest BCUT2D eigenvalue weighted by atomic mass is 10.2. The zero-order chi connectivity index (χ0) is 12.3. The minimum Gasteiger partial charge on any atom is -0.394 e. The van der Waals surface area contributed by atoms with Crippen LogP contribution in [0.3, 0.4) is 0 Å². The van der Waals surface area contributed by atoms with E-state index in [1.54, 1.807) is 6.20 Å². The molecule has 0 aliphatic carbocycles. The van der Waals surface area contributed by atoms with Gasteiger partial charge in [0.25, 0.3) is 0 Å². The largest absolute Gasteiger partial charge is 0.394 e. The number of aromatic nitrogens is 1. The lowest BCUT2D eigenvalue weighted by Gasteiger charge is -2.23. The third-order valence-corrected chi connectivity index (χ3v) is 2.84. The summed E-state index contributed by atoms with van der Waals surface area (Å²) in [5.41, 5.74) is 0.920. The van der Waals surface area contributed by atoms with Gasteiger partial charge in [0.1, 0.15) is 0 Å². The molecular formula is C13H20N2O2. The molecule has 2 atom stereocenters. The third kappa shape index (κ3) is 3.03. The summed E-state index contributed by atoms with van der Waals surface area (Å²) >= 11 is 0. The highest BCUT2D eigenvalue weighted by Crippen LogP contribution is 2.29. The van der Waals surface area contributed by atoms with Gasteiger partial charge in [-0.2, -0.15) is 0 Å². The van der Waals surface area contributed by atoms with Crippen LogP contribution in [0.4, 0.5) is 0 Å². The Morgan fingerprint density at radius 1 is 1.53 bits per heavy atom. The molecule has 2 unspecified atom stereocenters. The molecule has 1 aliphatic rings. The summed E-state index contributed by atoms with van der Waals surface area (Å²) in [4.78, 5) is 6.58. The van der Waals surface area contributed by atoms with Crippen molar-refractivity contribution < 1.29 is 9.84 Å². The Hall–Kier alpha value is -0.970. The maximum Gasteiger partial charge on any atom is 0.154 e. The number of aliphatic hydroxyl groups excluding tert-OH is 1. The van der Waals surface area contributed by atoms with Crippen LogP contribution in [0.15, 0.2) is 24.4 Å². The van der Waals surface area contributed by atoms with Crippen LogP contribution in [0.25, 0.3) is 0 Å². The molecule has 2 heterocycles. The van der Waals surface area contributed by atoms with Crippen molar-refractivity contribution in [2.45, 2.75) is 26.2 Å². The molecule has 0 radical (unpaired) electrons. The summed E-state index contributed by atoms with van der Waals surface area (Å²) < 4.78 is 5.82. The fourth-order valence-electron chi connectivity index (χ4n) is 2.19.